The maximum Gasteiger partial charge on any atom is 0.120 e. The summed E-state index contributed by atoms with van der Waals surface area (Å²) in [6, 6.07) is 0. The van der Waals surface area contributed by atoms with Crippen LogP contribution < -0.4 is 0 Å². The highest BCUT2D eigenvalue weighted by molar-refractivity contribution is 5.49. The highest BCUT2D eigenvalue weighted by atomic mass is 16.5. The first-order valence-corrected chi connectivity index (χ1v) is 4.01. The van der Waals surface area contributed by atoms with Gasteiger partial charge in [0.1, 0.15) is 12.4 Å². The summed E-state index contributed by atoms with van der Waals surface area (Å²) in [6.45, 7) is 4.00. The van der Waals surface area contributed by atoms with E-state index in [0.29, 0.717) is 12.3 Å². The SMILES string of the molecule is CC1=CCC(C(C)CC=O)O1. The van der Waals surface area contributed by atoms with Crippen molar-refractivity contribution in [2.45, 2.75) is 32.8 Å². The molecule has 11 heavy (non-hydrogen) atoms. The Kier molecular flexibility index (Phi) is 2.69. The van der Waals surface area contributed by atoms with E-state index < -0.39 is 0 Å². The van der Waals surface area contributed by atoms with Crippen molar-refractivity contribution in [1.29, 1.82) is 0 Å². The molecule has 1 aliphatic rings. The van der Waals surface area contributed by atoms with Crippen molar-refractivity contribution in [2.75, 3.05) is 0 Å². The van der Waals surface area contributed by atoms with Gasteiger partial charge in [0.2, 0.25) is 0 Å². The Morgan fingerprint density at radius 3 is 3.09 bits per heavy atom. The van der Waals surface area contributed by atoms with Gasteiger partial charge >= 0.3 is 0 Å². The number of carbonyl (C=O) groups is 1. The smallest absolute Gasteiger partial charge is 0.120 e. The molecule has 2 unspecified atom stereocenters. The summed E-state index contributed by atoms with van der Waals surface area (Å²) >= 11 is 0. The molecule has 0 amide bonds. The second-order valence-corrected chi connectivity index (χ2v) is 3.09. The van der Waals surface area contributed by atoms with Gasteiger partial charge in [-0.05, 0) is 18.9 Å². The number of rotatable bonds is 3. The van der Waals surface area contributed by atoms with Crippen LogP contribution in [0.15, 0.2) is 11.8 Å². The molecule has 0 aromatic carbocycles. The lowest BCUT2D eigenvalue weighted by Gasteiger charge is -2.17. The molecule has 62 valence electrons. The van der Waals surface area contributed by atoms with E-state index in [-0.39, 0.29) is 6.10 Å². The Morgan fingerprint density at radius 2 is 2.64 bits per heavy atom. The van der Waals surface area contributed by atoms with Crippen LogP contribution in [0.2, 0.25) is 0 Å². The molecular weight excluding hydrogens is 140 g/mol. The van der Waals surface area contributed by atoms with Gasteiger partial charge in [-0.25, -0.2) is 0 Å². The van der Waals surface area contributed by atoms with E-state index in [9.17, 15) is 4.79 Å². The lowest BCUT2D eigenvalue weighted by atomic mass is 10.00. The first-order valence-electron chi connectivity index (χ1n) is 4.01. The fourth-order valence-electron chi connectivity index (χ4n) is 1.27. The van der Waals surface area contributed by atoms with Crippen LogP contribution in [0.4, 0.5) is 0 Å². The fourth-order valence-corrected chi connectivity index (χ4v) is 1.27. The van der Waals surface area contributed by atoms with Gasteiger partial charge in [0.05, 0.1) is 5.76 Å². The summed E-state index contributed by atoms with van der Waals surface area (Å²) in [7, 11) is 0. The molecule has 1 heterocycles. The van der Waals surface area contributed by atoms with Crippen molar-refractivity contribution >= 4 is 6.29 Å². The summed E-state index contributed by atoms with van der Waals surface area (Å²) in [5.41, 5.74) is 0. The van der Waals surface area contributed by atoms with Crippen LogP contribution in [0.1, 0.15) is 26.7 Å². The van der Waals surface area contributed by atoms with Gasteiger partial charge in [0.15, 0.2) is 0 Å². The summed E-state index contributed by atoms with van der Waals surface area (Å²) in [5.74, 6) is 1.34. The molecule has 0 radical (unpaired) electrons. The zero-order valence-electron chi connectivity index (χ0n) is 7.04. The minimum Gasteiger partial charge on any atom is -0.495 e. The molecule has 0 bridgehead atoms. The van der Waals surface area contributed by atoms with Crippen molar-refractivity contribution in [3.63, 3.8) is 0 Å². The van der Waals surface area contributed by atoms with E-state index >= 15 is 0 Å². The van der Waals surface area contributed by atoms with Crippen molar-refractivity contribution < 1.29 is 9.53 Å². The molecule has 2 atom stereocenters. The zero-order valence-corrected chi connectivity index (χ0v) is 7.04. The van der Waals surface area contributed by atoms with Crippen LogP contribution in [0.25, 0.3) is 0 Å². The Labute approximate surface area is 67.2 Å². The molecule has 0 N–H and O–H groups in total. The summed E-state index contributed by atoms with van der Waals surface area (Å²) in [5, 5.41) is 0. The van der Waals surface area contributed by atoms with Crippen LogP contribution in [0.3, 0.4) is 0 Å². The van der Waals surface area contributed by atoms with E-state index in [2.05, 4.69) is 6.08 Å². The average molecular weight is 154 g/mol. The summed E-state index contributed by atoms with van der Waals surface area (Å²) in [4.78, 5) is 10.2. The summed E-state index contributed by atoms with van der Waals surface area (Å²) in [6.07, 6.45) is 4.83. The Morgan fingerprint density at radius 1 is 1.91 bits per heavy atom. The molecule has 0 aromatic heterocycles. The van der Waals surface area contributed by atoms with Gasteiger partial charge < -0.3 is 9.53 Å². The van der Waals surface area contributed by atoms with Crippen LogP contribution in [-0.2, 0) is 9.53 Å². The van der Waals surface area contributed by atoms with Crippen molar-refractivity contribution in [2.24, 2.45) is 5.92 Å². The fraction of sp³-hybridized carbons (Fsp3) is 0.667. The number of hydrogen-bond acceptors (Lipinski definition) is 2. The Bertz CT molecular complexity index is 172. The second kappa shape index (κ2) is 3.56. The van der Waals surface area contributed by atoms with E-state index in [0.717, 1.165) is 18.5 Å². The second-order valence-electron chi connectivity index (χ2n) is 3.09. The molecule has 0 aromatic rings. The third kappa shape index (κ3) is 2.07. The molecule has 0 aliphatic carbocycles. The van der Waals surface area contributed by atoms with Crippen molar-refractivity contribution in [1.82, 2.24) is 0 Å². The molecule has 0 saturated heterocycles. The van der Waals surface area contributed by atoms with Gasteiger partial charge in [-0.15, -0.1) is 0 Å². The Balaban J connectivity index is 2.34. The normalized spacial score (nSPS) is 25.6. The molecular formula is C9H14O2. The topological polar surface area (TPSA) is 26.3 Å². The van der Waals surface area contributed by atoms with Crippen LogP contribution in [0.5, 0.6) is 0 Å². The highest BCUT2D eigenvalue weighted by Gasteiger charge is 2.21. The van der Waals surface area contributed by atoms with Gasteiger partial charge in [-0.3, -0.25) is 0 Å². The third-order valence-corrected chi connectivity index (χ3v) is 2.08. The lowest BCUT2D eigenvalue weighted by Crippen LogP contribution is -2.17. The minimum absolute atomic E-state index is 0.236. The third-order valence-electron chi connectivity index (χ3n) is 2.08. The van der Waals surface area contributed by atoms with Gasteiger partial charge in [0, 0.05) is 12.8 Å². The standard InChI is InChI=1S/C9H14O2/c1-7(5-6-10)9-4-3-8(2)11-9/h3,6-7,9H,4-5H2,1-2H3. The first-order chi connectivity index (χ1) is 5.24. The predicted octanol–water partition coefficient (Wildman–Crippen LogP) is 1.90. The maximum atomic E-state index is 10.2. The zero-order chi connectivity index (χ0) is 8.27. The monoisotopic (exact) mass is 154 g/mol. The number of aldehydes is 1. The van der Waals surface area contributed by atoms with Gasteiger partial charge in [0.25, 0.3) is 0 Å². The van der Waals surface area contributed by atoms with E-state index in [1.807, 2.05) is 13.8 Å². The quantitative estimate of drug-likeness (QED) is 0.580. The highest BCUT2D eigenvalue weighted by Crippen LogP contribution is 2.23. The van der Waals surface area contributed by atoms with Crippen LogP contribution in [0, 0.1) is 5.92 Å². The largest absolute Gasteiger partial charge is 0.495 e. The van der Waals surface area contributed by atoms with Crippen LogP contribution >= 0.6 is 0 Å². The number of allylic oxidation sites excluding steroid dienone is 1. The van der Waals surface area contributed by atoms with E-state index in [1.54, 1.807) is 0 Å². The molecule has 0 spiro atoms. The number of carbonyl (C=O) groups excluding carboxylic acids is 1. The molecule has 1 aliphatic heterocycles. The van der Waals surface area contributed by atoms with Crippen molar-refractivity contribution in [3.8, 4) is 0 Å². The van der Waals surface area contributed by atoms with Gasteiger partial charge in [-0.1, -0.05) is 6.92 Å². The van der Waals surface area contributed by atoms with E-state index in [1.165, 1.54) is 0 Å². The summed E-state index contributed by atoms with van der Waals surface area (Å²) < 4.78 is 5.48. The lowest BCUT2D eigenvalue weighted by molar-refractivity contribution is -0.109. The van der Waals surface area contributed by atoms with Gasteiger partial charge in [-0.2, -0.15) is 0 Å². The Hall–Kier alpha value is -0.790. The molecule has 0 fully saturated rings. The molecule has 2 heteroatoms. The number of hydrogen-bond donors (Lipinski definition) is 0. The minimum atomic E-state index is 0.236. The van der Waals surface area contributed by atoms with Crippen molar-refractivity contribution in [3.05, 3.63) is 11.8 Å². The van der Waals surface area contributed by atoms with Crippen LogP contribution in [-0.4, -0.2) is 12.4 Å². The average Bonchev–Trinajstić information content (AvgIpc) is 2.36. The predicted molar refractivity (Wildman–Crippen MR) is 43.1 cm³/mol. The number of ether oxygens (including phenoxy) is 1. The first kappa shape index (κ1) is 8.31. The molecule has 1 rings (SSSR count). The van der Waals surface area contributed by atoms with E-state index in [4.69, 9.17) is 4.74 Å². The molecule has 2 nitrogen and oxygen atoms in total. The molecule has 0 saturated carbocycles. The maximum absolute atomic E-state index is 10.2.